The first-order chi connectivity index (χ1) is 19.0. The molecular formula is C27H18N4O4S4. The summed E-state index contributed by atoms with van der Waals surface area (Å²) in [4.78, 5) is 43.7. The minimum absolute atomic E-state index is 0.150. The van der Waals surface area contributed by atoms with Gasteiger partial charge in [0.05, 0.1) is 26.1 Å². The second-order valence-electron chi connectivity index (χ2n) is 7.79. The van der Waals surface area contributed by atoms with Crippen LogP contribution in [0.15, 0.2) is 116 Å². The summed E-state index contributed by atoms with van der Waals surface area (Å²) in [5.74, 6) is -0.474. The molecule has 2 aromatic carbocycles. The molecule has 0 unspecified atom stereocenters. The van der Waals surface area contributed by atoms with Crippen LogP contribution in [0, 0.1) is 10.1 Å². The van der Waals surface area contributed by atoms with Crippen molar-refractivity contribution < 1.29 is 14.5 Å². The monoisotopic (exact) mass is 590 g/mol. The zero-order valence-electron chi connectivity index (χ0n) is 19.9. The lowest BCUT2D eigenvalue weighted by Gasteiger charge is -2.12. The second kappa shape index (κ2) is 12.3. The number of para-hydroxylation sites is 2. The molecule has 5 aromatic rings. The lowest BCUT2D eigenvalue weighted by molar-refractivity contribution is -0.388. The maximum absolute atomic E-state index is 12.6. The van der Waals surface area contributed by atoms with Gasteiger partial charge in [0, 0.05) is 15.9 Å². The van der Waals surface area contributed by atoms with E-state index in [1.807, 2.05) is 35.0 Å². The number of pyridine rings is 1. The highest BCUT2D eigenvalue weighted by molar-refractivity contribution is 8.00. The molecule has 12 heteroatoms. The van der Waals surface area contributed by atoms with E-state index >= 15 is 0 Å². The van der Waals surface area contributed by atoms with E-state index in [1.165, 1.54) is 40.5 Å². The third-order valence-corrected chi connectivity index (χ3v) is 9.01. The fourth-order valence-electron chi connectivity index (χ4n) is 3.41. The molecule has 3 heterocycles. The van der Waals surface area contributed by atoms with Crippen molar-refractivity contribution in [2.75, 3.05) is 10.6 Å². The number of thiophene rings is 2. The molecule has 0 aliphatic carbocycles. The molecule has 2 N–H and O–H groups in total. The molecule has 194 valence electrons. The predicted octanol–water partition coefficient (Wildman–Crippen LogP) is 7.92. The Balaban J connectivity index is 1.41. The summed E-state index contributed by atoms with van der Waals surface area (Å²) >= 11 is 5.06. The molecule has 0 atom stereocenters. The van der Waals surface area contributed by atoms with Crippen LogP contribution in [0.3, 0.4) is 0 Å². The van der Waals surface area contributed by atoms with E-state index in [0.29, 0.717) is 31.1 Å². The molecule has 0 spiro atoms. The average Bonchev–Trinajstić information content (AvgIpc) is 3.66. The van der Waals surface area contributed by atoms with Crippen molar-refractivity contribution in [1.82, 2.24) is 4.98 Å². The Morgan fingerprint density at radius 3 is 1.77 bits per heavy atom. The van der Waals surface area contributed by atoms with Gasteiger partial charge in [-0.3, -0.25) is 19.7 Å². The lowest BCUT2D eigenvalue weighted by Crippen LogP contribution is -2.10. The molecule has 0 fully saturated rings. The minimum atomic E-state index is -0.480. The van der Waals surface area contributed by atoms with Crippen molar-refractivity contribution in [2.45, 2.75) is 19.8 Å². The fraction of sp³-hybridized carbons (Fsp3) is 0. The van der Waals surface area contributed by atoms with E-state index < -0.39 is 4.92 Å². The van der Waals surface area contributed by atoms with Crippen LogP contribution >= 0.6 is 46.2 Å². The third-order valence-electron chi connectivity index (χ3n) is 5.19. The summed E-state index contributed by atoms with van der Waals surface area (Å²) in [5.41, 5.74) is 0.983. The zero-order chi connectivity index (χ0) is 27.2. The number of nitro groups is 1. The number of anilines is 2. The van der Waals surface area contributed by atoms with Crippen molar-refractivity contribution in [3.05, 3.63) is 116 Å². The van der Waals surface area contributed by atoms with Crippen molar-refractivity contribution in [3.8, 4) is 0 Å². The van der Waals surface area contributed by atoms with Gasteiger partial charge in [0.25, 0.3) is 11.8 Å². The number of aromatic nitrogens is 1. The van der Waals surface area contributed by atoms with Crippen LogP contribution in [-0.4, -0.2) is 21.7 Å². The van der Waals surface area contributed by atoms with Crippen molar-refractivity contribution in [1.29, 1.82) is 0 Å². The number of benzene rings is 2. The standard InChI is InChI=1S/C27H18N4O4S4/c32-25(22-11-5-15-36-22)28-17-7-1-3-9-20(17)38-24-14-13-19(31(34)35)27(30-24)39-21-10-4-2-8-18(21)29-26(33)23-12-6-16-37-23/h1-16H,(H,28,32)(H,29,33). The molecule has 3 aromatic heterocycles. The number of nitrogens with one attached hydrogen (secondary N) is 2. The predicted molar refractivity (Wildman–Crippen MR) is 157 cm³/mol. The van der Waals surface area contributed by atoms with Crippen LogP contribution in [0.2, 0.25) is 0 Å². The maximum Gasteiger partial charge on any atom is 0.301 e. The van der Waals surface area contributed by atoms with E-state index in [0.717, 1.165) is 16.7 Å². The highest BCUT2D eigenvalue weighted by Gasteiger charge is 2.21. The SMILES string of the molecule is O=C(Nc1ccccc1Sc1ccc([N+](=O)[O-])c(Sc2ccccc2NC(=O)c2cccs2)n1)c1cccs1. The largest absolute Gasteiger partial charge is 0.320 e. The van der Waals surface area contributed by atoms with E-state index in [-0.39, 0.29) is 22.5 Å². The van der Waals surface area contributed by atoms with Crippen molar-refractivity contribution >= 4 is 75.1 Å². The number of hydrogen-bond donors (Lipinski definition) is 2. The van der Waals surface area contributed by atoms with Crippen LogP contribution < -0.4 is 10.6 Å². The third kappa shape index (κ3) is 6.55. The quantitative estimate of drug-likeness (QED) is 0.132. The van der Waals surface area contributed by atoms with E-state index in [2.05, 4.69) is 15.6 Å². The van der Waals surface area contributed by atoms with E-state index in [1.54, 1.807) is 54.6 Å². The Labute approximate surface area is 239 Å². The summed E-state index contributed by atoms with van der Waals surface area (Å²) in [6.45, 7) is 0. The fourth-order valence-corrected chi connectivity index (χ4v) is 6.55. The summed E-state index contributed by atoms with van der Waals surface area (Å²) in [6.07, 6.45) is 0. The van der Waals surface area contributed by atoms with Crippen LogP contribution in [0.5, 0.6) is 0 Å². The summed E-state index contributed by atoms with van der Waals surface area (Å²) in [6, 6.07) is 24.5. The Kier molecular flexibility index (Phi) is 8.37. The Morgan fingerprint density at radius 2 is 1.26 bits per heavy atom. The first kappa shape index (κ1) is 26.6. The van der Waals surface area contributed by atoms with Gasteiger partial charge in [0.15, 0.2) is 5.03 Å². The smallest absolute Gasteiger partial charge is 0.301 e. The summed E-state index contributed by atoms with van der Waals surface area (Å²) in [5, 5.41) is 22.0. The van der Waals surface area contributed by atoms with Crippen molar-refractivity contribution in [3.63, 3.8) is 0 Å². The number of rotatable bonds is 9. The van der Waals surface area contributed by atoms with Gasteiger partial charge in [-0.15, -0.1) is 22.7 Å². The normalized spacial score (nSPS) is 10.7. The Hall–Kier alpha value is -3.97. The molecule has 8 nitrogen and oxygen atoms in total. The van der Waals surface area contributed by atoms with Crippen LogP contribution in [0.1, 0.15) is 19.3 Å². The molecule has 0 saturated carbocycles. The minimum Gasteiger partial charge on any atom is -0.320 e. The molecule has 0 aliphatic heterocycles. The molecular weight excluding hydrogens is 573 g/mol. The summed E-state index contributed by atoms with van der Waals surface area (Å²) in [7, 11) is 0. The number of carbonyl (C=O) groups is 2. The first-order valence-electron chi connectivity index (χ1n) is 11.4. The number of nitrogens with zero attached hydrogens (tertiary/aromatic N) is 2. The Morgan fingerprint density at radius 1 is 0.718 bits per heavy atom. The average molecular weight is 591 g/mol. The number of hydrogen-bond acceptors (Lipinski definition) is 9. The highest BCUT2D eigenvalue weighted by Crippen LogP contribution is 2.40. The molecule has 0 saturated heterocycles. The first-order valence-corrected chi connectivity index (χ1v) is 14.8. The lowest BCUT2D eigenvalue weighted by atomic mass is 10.3. The second-order valence-corrected chi connectivity index (χ2v) is 11.8. The van der Waals surface area contributed by atoms with Gasteiger partial charge in [-0.1, -0.05) is 59.9 Å². The number of carbonyl (C=O) groups excluding carboxylic acids is 2. The van der Waals surface area contributed by atoms with Gasteiger partial charge >= 0.3 is 5.69 Å². The van der Waals surface area contributed by atoms with Gasteiger partial charge in [-0.05, 0) is 53.2 Å². The van der Waals surface area contributed by atoms with Gasteiger partial charge in [-0.25, -0.2) is 4.98 Å². The molecule has 0 radical (unpaired) electrons. The van der Waals surface area contributed by atoms with Crippen LogP contribution in [-0.2, 0) is 0 Å². The molecule has 0 bridgehead atoms. The van der Waals surface area contributed by atoms with Gasteiger partial charge in [0.2, 0.25) is 0 Å². The van der Waals surface area contributed by atoms with E-state index in [9.17, 15) is 19.7 Å². The van der Waals surface area contributed by atoms with Gasteiger partial charge < -0.3 is 10.6 Å². The Bertz CT molecular complexity index is 1640. The molecule has 0 aliphatic rings. The molecule has 39 heavy (non-hydrogen) atoms. The summed E-state index contributed by atoms with van der Waals surface area (Å²) < 4.78 is 0. The topological polar surface area (TPSA) is 114 Å². The zero-order valence-corrected chi connectivity index (χ0v) is 23.2. The molecule has 5 rings (SSSR count). The van der Waals surface area contributed by atoms with Crippen molar-refractivity contribution in [2.24, 2.45) is 0 Å². The van der Waals surface area contributed by atoms with Crippen LogP contribution in [0.4, 0.5) is 17.1 Å². The molecule has 2 amide bonds. The van der Waals surface area contributed by atoms with Gasteiger partial charge in [-0.2, -0.15) is 0 Å². The maximum atomic E-state index is 12.6. The highest BCUT2D eigenvalue weighted by atomic mass is 32.2. The van der Waals surface area contributed by atoms with Gasteiger partial charge in [0.1, 0.15) is 5.03 Å². The number of amides is 2. The van der Waals surface area contributed by atoms with E-state index in [4.69, 9.17) is 0 Å². The van der Waals surface area contributed by atoms with Crippen LogP contribution in [0.25, 0.3) is 0 Å².